The van der Waals surface area contributed by atoms with E-state index in [1.54, 1.807) is 38.1 Å². The molecule has 1 aliphatic heterocycles. The first-order valence-electron chi connectivity index (χ1n) is 6.53. The van der Waals surface area contributed by atoms with Crippen molar-refractivity contribution in [3.8, 4) is 17.2 Å². The van der Waals surface area contributed by atoms with Gasteiger partial charge >= 0.3 is 0 Å². The first-order valence-corrected chi connectivity index (χ1v) is 6.53. The van der Waals surface area contributed by atoms with E-state index in [9.17, 15) is 15.0 Å². The number of rotatable bonds is 1. The lowest BCUT2D eigenvalue weighted by atomic mass is 10.0. The van der Waals surface area contributed by atoms with Crippen LogP contribution in [0.5, 0.6) is 17.2 Å². The molecule has 0 saturated heterocycles. The van der Waals surface area contributed by atoms with Crippen LogP contribution in [0.1, 0.15) is 27.0 Å². The second kappa shape index (κ2) is 4.66. The molecule has 4 heteroatoms. The highest BCUT2D eigenvalue weighted by molar-refractivity contribution is 6.14. The quantitative estimate of drug-likeness (QED) is 0.787. The van der Waals surface area contributed by atoms with Crippen LogP contribution in [0.25, 0.3) is 6.08 Å². The van der Waals surface area contributed by atoms with Crippen LogP contribution in [0.2, 0.25) is 0 Å². The maximum atomic E-state index is 12.2. The highest BCUT2D eigenvalue weighted by Crippen LogP contribution is 2.35. The zero-order valence-corrected chi connectivity index (χ0v) is 11.7. The molecule has 0 amide bonds. The number of benzene rings is 2. The van der Waals surface area contributed by atoms with Crippen molar-refractivity contribution in [2.75, 3.05) is 0 Å². The Kier molecular flexibility index (Phi) is 2.94. The third-order valence-corrected chi connectivity index (χ3v) is 3.46. The number of phenols is 2. The van der Waals surface area contributed by atoms with Crippen molar-refractivity contribution in [2.45, 2.75) is 13.8 Å². The number of ketones is 1. The molecular weight excluding hydrogens is 268 g/mol. The zero-order valence-electron chi connectivity index (χ0n) is 11.7. The largest absolute Gasteiger partial charge is 0.508 e. The Bertz CT molecular complexity index is 764. The average molecular weight is 282 g/mol. The van der Waals surface area contributed by atoms with Crippen LogP contribution in [0.3, 0.4) is 0 Å². The van der Waals surface area contributed by atoms with Gasteiger partial charge in [-0.2, -0.15) is 0 Å². The van der Waals surface area contributed by atoms with E-state index in [2.05, 4.69) is 0 Å². The Labute approximate surface area is 121 Å². The third-order valence-electron chi connectivity index (χ3n) is 3.46. The van der Waals surface area contributed by atoms with Gasteiger partial charge < -0.3 is 14.9 Å². The molecule has 2 aromatic carbocycles. The molecule has 1 heterocycles. The number of carbonyl (C=O) groups is 1. The average Bonchev–Trinajstić information content (AvgIpc) is 2.72. The Morgan fingerprint density at radius 3 is 2.38 bits per heavy atom. The lowest BCUT2D eigenvalue weighted by Crippen LogP contribution is -1.98. The number of fused-ring (bicyclic) bond motifs is 1. The van der Waals surface area contributed by atoms with Crippen LogP contribution in [-0.2, 0) is 0 Å². The maximum absolute atomic E-state index is 12.2. The van der Waals surface area contributed by atoms with Gasteiger partial charge in [0.2, 0.25) is 5.78 Å². The number of ether oxygens (including phenoxy) is 1. The predicted molar refractivity (Wildman–Crippen MR) is 78.6 cm³/mol. The van der Waals surface area contributed by atoms with Gasteiger partial charge in [0, 0.05) is 6.07 Å². The van der Waals surface area contributed by atoms with Crippen molar-refractivity contribution in [3.05, 3.63) is 58.3 Å². The molecule has 3 rings (SSSR count). The van der Waals surface area contributed by atoms with Crippen molar-refractivity contribution < 1.29 is 19.7 Å². The third kappa shape index (κ3) is 2.25. The predicted octanol–water partition coefficient (Wildman–Crippen LogP) is 3.33. The standard InChI is InChI=1S/C17H14O4/c1-9-5-11(6-10(2)16(9)19)7-15-17(20)13-4-3-12(18)8-14(13)21-15/h3-8,18-19H,1-2H3. The van der Waals surface area contributed by atoms with Gasteiger partial charge in [-0.1, -0.05) is 0 Å². The molecule has 0 unspecified atom stereocenters. The zero-order chi connectivity index (χ0) is 15.1. The number of hydrogen-bond acceptors (Lipinski definition) is 4. The molecule has 2 N–H and O–H groups in total. The van der Waals surface area contributed by atoms with E-state index >= 15 is 0 Å². The molecule has 106 valence electrons. The van der Waals surface area contributed by atoms with Crippen molar-refractivity contribution >= 4 is 11.9 Å². The summed E-state index contributed by atoms with van der Waals surface area (Å²) in [5, 5.41) is 19.2. The number of carbonyl (C=O) groups excluding carboxylic acids is 1. The molecule has 1 aliphatic rings. The number of Topliss-reactive ketones (excluding diaryl/α,β-unsaturated/α-hetero) is 1. The highest BCUT2D eigenvalue weighted by atomic mass is 16.5. The van der Waals surface area contributed by atoms with Crippen molar-refractivity contribution in [2.24, 2.45) is 0 Å². The Balaban J connectivity index is 2.01. The van der Waals surface area contributed by atoms with Crippen molar-refractivity contribution in [3.63, 3.8) is 0 Å². The summed E-state index contributed by atoms with van der Waals surface area (Å²) >= 11 is 0. The van der Waals surface area contributed by atoms with Crippen LogP contribution >= 0.6 is 0 Å². The lowest BCUT2D eigenvalue weighted by Gasteiger charge is -2.05. The van der Waals surface area contributed by atoms with Crippen LogP contribution in [0.15, 0.2) is 36.1 Å². The van der Waals surface area contributed by atoms with Crippen LogP contribution in [0.4, 0.5) is 0 Å². The van der Waals surface area contributed by atoms with Gasteiger partial charge in [-0.3, -0.25) is 4.79 Å². The van der Waals surface area contributed by atoms with Gasteiger partial charge in [0.1, 0.15) is 17.2 Å². The molecule has 0 fully saturated rings. The molecule has 2 aromatic rings. The molecule has 0 spiro atoms. The minimum atomic E-state index is -0.214. The van der Waals surface area contributed by atoms with Gasteiger partial charge in [0.05, 0.1) is 5.56 Å². The fourth-order valence-electron chi connectivity index (χ4n) is 2.40. The van der Waals surface area contributed by atoms with Gasteiger partial charge in [0.25, 0.3) is 0 Å². The molecule has 0 aliphatic carbocycles. The van der Waals surface area contributed by atoms with E-state index in [0.717, 1.165) is 16.7 Å². The number of phenolic OH excluding ortho intramolecular Hbond substituents is 2. The van der Waals surface area contributed by atoms with Gasteiger partial charge in [-0.05, 0) is 60.9 Å². The first kappa shape index (κ1) is 13.2. The minimum absolute atomic E-state index is 0.0547. The number of aromatic hydroxyl groups is 2. The number of allylic oxidation sites excluding steroid dienone is 1. The minimum Gasteiger partial charge on any atom is -0.508 e. The molecule has 0 atom stereocenters. The summed E-state index contributed by atoms with van der Waals surface area (Å²) in [6.45, 7) is 3.60. The van der Waals surface area contributed by atoms with E-state index in [-0.39, 0.29) is 23.0 Å². The van der Waals surface area contributed by atoms with Gasteiger partial charge in [-0.25, -0.2) is 0 Å². The van der Waals surface area contributed by atoms with E-state index in [1.165, 1.54) is 12.1 Å². The summed E-state index contributed by atoms with van der Waals surface area (Å²) in [7, 11) is 0. The second-order valence-corrected chi connectivity index (χ2v) is 5.12. The molecule has 21 heavy (non-hydrogen) atoms. The van der Waals surface area contributed by atoms with Crippen LogP contribution in [-0.4, -0.2) is 16.0 Å². The fraction of sp³-hybridized carbons (Fsp3) is 0.118. The van der Waals surface area contributed by atoms with Crippen LogP contribution < -0.4 is 4.74 Å². The topological polar surface area (TPSA) is 66.8 Å². The number of hydrogen-bond donors (Lipinski definition) is 2. The van der Waals surface area contributed by atoms with Crippen molar-refractivity contribution in [1.29, 1.82) is 0 Å². The molecule has 4 nitrogen and oxygen atoms in total. The second-order valence-electron chi connectivity index (χ2n) is 5.12. The normalized spacial score (nSPS) is 15.1. The molecule has 0 saturated carbocycles. The fourth-order valence-corrected chi connectivity index (χ4v) is 2.40. The monoisotopic (exact) mass is 282 g/mol. The van der Waals surface area contributed by atoms with Gasteiger partial charge in [-0.15, -0.1) is 0 Å². The summed E-state index contributed by atoms with van der Waals surface area (Å²) in [6, 6.07) is 7.99. The summed E-state index contributed by atoms with van der Waals surface area (Å²) in [5.74, 6) is 0.662. The molecule has 0 aromatic heterocycles. The number of aryl methyl sites for hydroxylation is 2. The summed E-state index contributed by atoms with van der Waals surface area (Å²) < 4.78 is 5.50. The Morgan fingerprint density at radius 2 is 1.71 bits per heavy atom. The van der Waals surface area contributed by atoms with E-state index < -0.39 is 0 Å². The highest BCUT2D eigenvalue weighted by Gasteiger charge is 2.27. The lowest BCUT2D eigenvalue weighted by molar-refractivity contribution is 0.101. The van der Waals surface area contributed by atoms with Gasteiger partial charge in [0.15, 0.2) is 5.76 Å². The molecule has 0 bridgehead atoms. The van der Waals surface area contributed by atoms with E-state index in [0.29, 0.717) is 11.3 Å². The summed E-state index contributed by atoms with van der Waals surface area (Å²) in [6.07, 6.45) is 1.64. The Morgan fingerprint density at radius 1 is 1.05 bits per heavy atom. The Hall–Kier alpha value is -2.75. The summed E-state index contributed by atoms with van der Waals surface area (Å²) in [5.41, 5.74) is 2.69. The first-order chi connectivity index (χ1) is 9.95. The SMILES string of the molecule is Cc1cc(C=C2Oc3cc(O)ccc3C2=O)cc(C)c1O. The molecule has 0 radical (unpaired) electrons. The molecular formula is C17H14O4. The smallest absolute Gasteiger partial charge is 0.231 e. The van der Waals surface area contributed by atoms with Crippen LogP contribution in [0, 0.1) is 13.8 Å². The summed E-state index contributed by atoms with van der Waals surface area (Å²) in [4.78, 5) is 12.2. The van der Waals surface area contributed by atoms with E-state index in [1.807, 2.05) is 0 Å². The maximum Gasteiger partial charge on any atom is 0.231 e. The van der Waals surface area contributed by atoms with Crippen molar-refractivity contribution in [1.82, 2.24) is 0 Å². The van der Waals surface area contributed by atoms with E-state index in [4.69, 9.17) is 4.74 Å².